The van der Waals surface area contributed by atoms with Gasteiger partial charge in [0.25, 0.3) is 5.91 Å². The second-order valence-electron chi connectivity index (χ2n) is 8.63. The summed E-state index contributed by atoms with van der Waals surface area (Å²) >= 11 is 3.31. The fourth-order valence-corrected chi connectivity index (χ4v) is 4.79. The number of pyridine rings is 1. The lowest BCUT2D eigenvalue weighted by atomic mass is 9.62. The van der Waals surface area contributed by atoms with Gasteiger partial charge in [-0.2, -0.15) is 4.98 Å². The minimum Gasteiger partial charge on any atom is -0.474 e. The number of hydrogen-bond acceptors (Lipinski definition) is 6. The second kappa shape index (κ2) is 6.75. The van der Waals surface area contributed by atoms with Crippen molar-refractivity contribution in [3.05, 3.63) is 46.5 Å². The Morgan fingerprint density at radius 1 is 1.27 bits per heavy atom. The van der Waals surface area contributed by atoms with Gasteiger partial charge in [0.15, 0.2) is 0 Å². The molecule has 1 saturated carbocycles. The van der Waals surface area contributed by atoms with Crippen molar-refractivity contribution in [1.29, 1.82) is 0 Å². The fraction of sp³-hybridized carbons (Fsp3) is 0.429. The van der Waals surface area contributed by atoms with Crippen LogP contribution < -0.4 is 10.1 Å². The number of carbonyl (C=O) groups is 1. The molecule has 0 unspecified atom stereocenters. The molecule has 9 heteroatoms. The van der Waals surface area contributed by atoms with Gasteiger partial charge >= 0.3 is 0 Å². The van der Waals surface area contributed by atoms with Gasteiger partial charge < -0.3 is 14.8 Å². The smallest absolute Gasteiger partial charge is 0.263 e. The lowest BCUT2D eigenvalue weighted by Crippen LogP contribution is -2.45. The van der Waals surface area contributed by atoms with Crippen molar-refractivity contribution in [2.24, 2.45) is 0 Å². The van der Waals surface area contributed by atoms with Crippen LogP contribution in [0.1, 0.15) is 49.7 Å². The molecule has 0 aromatic carbocycles. The van der Waals surface area contributed by atoms with E-state index in [9.17, 15) is 4.79 Å². The molecule has 1 aliphatic carbocycles. The molecule has 0 atom stereocenters. The molecule has 2 aliphatic heterocycles. The highest BCUT2D eigenvalue weighted by Crippen LogP contribution is 2.58. The monoisotopic (exact) mass is 471 g/mol. The van der Waals surface area contributed by atoms with Crippen LogP contribution in [-0.2, 0) is 10.2 Å². The molecule has 0 radical (unpaired) electrons. The molecule has 5 heterocycles. The molecule has 3 fully saturated rings. The Morgan fingerprint density at radius 2 is 2.07 bits per heavy atom. The zero-order chi connectivity index (χ0) is 21.1. The summed E-state index contributed by atoms with van der Waals surface area (Å²) in [4.78, 5) is 26.6. The fourth-order valence-electron chi connectivity index (χ4n) is 4.44. The van der Waals surface area contributed by atoms with Gasteiger partial charge in [-0.25, -0.2) is 9.97 Å². The van der Waals surface area contributed by atoms with Gasteiger partial charge in [0, 0.05) is 17.8 Å². The van der Waals surface area contributed by atoms with E-state index in [-0.39, 0.29) is 28.9 Å². The second-order valence-corrected chi connectivity index (χ2v) is 9.44. The van der Waals surface area contributed by atoms with E-state index in [4.69, 9.17) is 14.5 Å². The van der Waals surface area contributed by atoms with Crippen LogP contribution >= 0.6 is 15.9 Å². The Kier molecular flexibility index (Phi) is 4.37. The van der Waals surface area contributed by atoms with Crippen LogP contribution in [0.3, 0.4) is 0 Å². The van der Waals surface area contributed by atoms with Gasteiger partial charge in [-0.3, -0.25) is 9.20 Å². The summed E-state index contributed by atoms with van der Waals surface area (Å²) in [7, 11) is 0. The van der Waals surface area contributed by atoms with Gasteiger partial charge in [0.05, 0.1) is 24.0 Å². The number of hydrogen-bond donors (Lipinski definition) is 1. The number of rotatable bonds is 5. The van der Waals surface area contributed by atoms with Crippen molar-refractivity contribution in [3.63, 3.8) is 0 Å². The average Bonchev–Trinajstić information content (AvgIpc) is 3.31. The van der Waals surface area contributed by atoms with Crippen molar-refractivity contribution >= 4 is 33.4 Å². The topological polar surface area (TPSA) is 90.6 Å². The Hall–Kier alpha value is -2.52. The molecule has 3 aromatic heterocycles. The summed E-state index contributed by atoms with van der Waals surface area (Å²) in [5.74, 6) is 0.847. The molecule has 8 nitrogen and oxygen atoms in total. The molecule has 3 aliphatic rings. The summed E-state index contributed by atoms with van der Waals surface area (Å²) in [6.45, 7) is 6.60. The third-order valence-electron chi connectivity index (χ3n) is 5.63. The van der Waals surface area contributed by atoms with E-state index in [0.717, 1.165) is 18.5 Å². The molecule has 0 spiro atoms. The number of amides is 1. The van der Waals surface area contributed by atoms with Crippen LogP contribution in [0, 0.1) is 0 Å². The average molecular weight is 472 g/mol. The van der Waals surface area contributed by atoms with Gasteiger partial charge in [-0.1, -0.05) is 6.07 Å². The predicted molar refractivity (Wildman–Crippen MR) is 114 cm³/mol. The zero-order valence-electron chi connectivity index (χ0n) is 17.0. The highest BCUT2D eigenvalue weighted by atomic mass is 79.9. The maximum absolute atomic E-state index is 13.0. The van der Waals surface area contributed by atoms with Crippen LogP contribution in [0.2, 0.25) is 0 Å². The lowest BCUT2D eigenvalue weighted by molar-refractivity contribution is 0.0154. The number of anilines is 1. The van der Waals surface area contributed by atoms with E-state index in [2.05, 4.69) is 38.1 Å². The number of imidazole rings is 1. The standard InChI is InChI=1S/C21H22BrN5O3/c1-12(2)30-18-13(17(28)25-16-6-4-5-15(22)24-16)7-27-8-14(23-19(27)26-18)21-9-20(3,10-21)29-11-21/h4-8,12H,9-11H2,1-3H3,(H,24,25,28). The number of aromatic nitrogens is 4. The molecular formula is C21H22BrN5O3. The predicted octanol–water partition coefficient (Wildman–Crippen LogP) is 3.75. The highest BCUT2D eigenvalue weighted by molar-refractivity contribution is 9.10. The minimum absolute atomic E-state index is 0.0306. The Bertz CT molecular complexity index is 1150. The summed E-state index contributed by atoms with van der Waals surface area (Å²) in [5.41, 5.74) is 1.19. The van der Waals surface area contributed by atoms with Crippen molar-refractivity contribution < 1.29 is 14.3 Å². The van der Waals surface area contributed by atoms with E-state index in [1.54, 1.807) is 28.8 Å². The molecule has 2 bridgehead atoms. The first-order chi connectivity index (χ1) is 14.3. The Balaban J connectivity index is 1.52. The maximum atomic E-state index is 13.0. The number of ether oxygens (including phenoxy) is 2. The van der Waals surface area contributed by atoms with Crippen molar-refractivity contribution in [2.75, 3.05) is 11.9 Å². The van der Waals surface area contributed by atoms with Crippen LogP contribution in [0.25, 0.3) is 5.78 Å². The number of nitrogens with zero attached hydrogens (tertiary/aromatic N) is 4. The third-order valence-corrected chi connectivity index (χ3v) is 6.07. The zero-order valence-corrected chi connectivity index (χ0v) is 18.6. The lowest BCUT2D eigenvalue weighted by Gasteiger charge is -2.41. The first-order valence-electron chi connectivity index (χ1n) is 9.90. The van der Waals surface area contributed by atoms with Gasteiger partial charge in [0.2, 0.25) is 11.7 Å². The molecule has 156 valence electrons. The molecular weight excluding hydrogens is 450 g/mol. The summed E-state index contributed by atoms with van der Waals surface area (Å²) < 4.78 is 14.2. The highest BCUT2D eigenvalue weighted by Gasteiger charge is 2.61. The van der Waals surface area contributed by atoms with Crippen LogP contribution in [0.4, 0.5) is 5.82 Å². The van der Waals surface area contributed by atoms with Gasteiger partial charge in [-0.05, 0) is 61.7 Å². The third kappa shape index (κ3) is 3.26. The summed E-state index contributed by atoms with van der Waals surface area (Å²) in [6, 6.07) is 5.32. The van der Waals surface area contributed by atoms with Crippen LogP contribution in [0.15, 0.2) is 35.2 Å². The van der Waals surface area contributed by atoms with Crippen molar-refractivity contribution in [3.8, 4) is 5.88 Å². The molecule has 6 rings (SSSR count). The Morgan fingerprint density at radius 3 is 2.73 bits per heavy atom. The van der Waals surface area contributed by atoms with Gasteiger partial charge in [0.1, 0.15) is 16.0 Å². The van der Waals surface area contributed by atoms with Crippen molar-refractivity contribution in [1.82, 2.24) is 19.4 Å². The van der Waals surface area contributed by atoms with E-state index >= 15 is 0 Å². The molecule has 30 heavy (non-hydrogen) atoms. The van der Waals surface area contributed by atoms with Crippen LogP contribution in [-0.4, -0.2) is 43.6 Å². The number of nitrogens with one attached hydrogen (secondary N) is 1. The first-order valence-corrected chi connectivity index (χ1v) is 10.7. The Labute approximate surface area is 182 Å². The van der Waals surface area contributed by atoms with E-state index < -0.39 is 0 Å². The van der Waals surface area contributed by atoms with E-state index in [1.165, 1.54) is 0 Å². The number of halogens is 1. The van der Waals surface area contributed by atoms with Gasteiger partial charge in [-0.15, -0.1) is 0 Å². The van der Waals surface area contributed by atoms with Crippen LogP contribution in [0.5, 0.6) is 5.88 Å². The normalized spacial score (nSPS) is 24.8. The number of carbonyl (C=O) groups excluding carboxylic acids is 1. The summed E-state index contributed by atoms with van der Waals surface area (Å²) in [6.07, 6.45) is 5.44. The summed E-state index contributed by atoms with van der Waals surface area (Å²) in [5, 5.41) is 2.81. The minimum atomic E-state index is -0.348. The maximum Gasteiger partial charge on any atom is 0.263 e. The molecule has 1 amide bonds. The molecule has 2 saturated heterocycles. The molecule has 3 aromatic rings. The number of fused-ring (bicyclic) bond motifs is 2. The molecule has 1 N–H and O–H groups in total. The van der Waals surface area contributed by atoms with E-state index in [0.29, 0.717) is 28.4 Å². The quantitative estimate of drug-likeness (QED) is 0.569. The SMILES string of the molecule is CC(C)Oc1nc2nc(C34COC(C)(C3)C4)cn2cc1C(=O)Nc1cccc(Br)n1. The largest absolute Gasteiger partial charge is 0.474 e. The van der Waals surface area contributed by atoms with E-state index in [1.807, 2.05) is 20.0 Å². The van der Waals surface area contributed by atoms with Crippen molar-refractivity contribution in [2.45, 2.75) is 50.7 Å². The first kappa shape index (κ1) is 19.4.